The monoisotopic (exact) mass is 87.1 g/mol. The number of nitrogens with two attached hydrogens (primary N) is 1. The van der Waals surface area contributed by atoms with Crippen LogP contribution in [0.5, 0.6) is 0 Å². The van der Waals surface area contributed by atoms with Crippen LogP contribution in [0.1, 0.15) is 0 Å². The van der Waals surface area contributed by atoms with E-state index in [0.717, 1.165) is 19.5 Å². The van der Waals surface area contributed by atoms with Crippen LogP contribution < -0.4 is 5.84 Å². The van der Waals surface area contributed by atoms with Crippen LogP contribution in [0, 0.1) is 0 Å². The fourth-order valence-corrected chi connectivity index (χ4v) is 0.221. The second-order valence-electron chi connectivity index (χ2n) is 1.66. The Kier molecular flexibility index (Phi) is 0.504. The van der Waals surface area contributed by atoms with Crippen LogP contribution in [-0.2, 0) is 4.79 Å². The Labute approximate surface area is 35.9 Å². The lowest BCUT2D eigenvalue weighted by Gasteiger charge is -1.92. The molecule has 1 amide bonds. The lowest BCUT2D eigenvalue weighted by atomic mass is 11.0. The van der Waals surface area contributed by atoms with Gasteiger partial charge in [0.05, 0.1) is 0 Å². The number of amides is 1. The van der Waals surface area contributed by atoms with E-state index in [1.165, 1.54) is 0 Å². The third kappa shape index (κ3) is 0.418. The van der Waals surface area contributed by atoms with Crippen LogP contribution in [0.15, 0.2) is 0 Å². The molecule has 0 atom stereocenters. The largest absolute Gasteiger partial charge is 0.320 e. The van der Waals surface area contributed by atoms with E-state index in [2.05, 4.69) is 0 Å². The van der Waals surface area contributed by atoms with Crippen LogP contribution >= 0.6 is 0 Å². The Morgan fingerprint density at radius 3 is 2.17 bits per heavy atom. The van der Waals surface area contributed by atoms with Gasteiger partial charge in [-0.2, -0.15) is 10.4 Å². The number of quaternary nitrogens is 1. The second kappa shape index (κ2) is 0.802. The number of carbonyl (C=O) groups excluding carboxylic acids is 1. The molecule has 0 unspecified atom stereocenters. The standard InChI is InChI=1S/C3H7N2O/c4-5(3-6)1-2-5/h3H,1-2,4H2/q+1. The topological polar surface area (TPSA) is 43.1 Å². The summed E-state index contributed by atoms with van der Waals surface area (Å²) in [7, 11) is 0. The number of carbonyl (C=O) groups is 1. The lowest BCUT2D eigenvalue weighted by Crippen LogP contribution is -2.31. The van der Waals surface area contributed by atoms with Gasteiger partial charge in [0.25, 0.3) is 0 Å². The van der Waals surface area contributed by atoms with Gasteiger partial charge >= 0.3 is 6.41 Å². The third-order valence-corrected chi connectivity index (χ3v) is 0.950. The summed E-state index contributed by atoms with van der Waals surface area (Å²) in [6.07, 6.45) is 0.764. The molecule has 3 nitrogen and oxygen atoms in total. The van der Waals surface area contributed by atoms with Crippen molar-refractivity contribution in [1.29, 1.82) is 0 Å². The summed E-state index contributed by atoms with van der Waals surface area (Å²) in [6.45, 7) is 1.65. The van der Waals surface area contributed by atoms with Gasteiger partial charge in [0.1, 0.15) is 0 Å². The number of rotatable bonds is 1. The van der Waals surface area contributed by atoms with Gasteiger partial charge in [-0.1, -0.05) is 0 Å². The van der Waals surface area contributed by atoms with Crippen molar-refractivity contribution in [3.05, 3.63) is 0 Å². The minimum atomic E-state index is 0.139. The van der Waals surface area contributed by atoms with Crippen molar-refractivity contribution in [2.45, 2.75) is 0 Å². The van der Waals surface area contributed by atoms with Crippen molar-refractivity contribution in [2.24, 2.45) is 5.84 Å². The van der Waals surface area contributed by atoms with Crippen molar-refractivity contribution in [2.75, 3.05) is 13.1 Å². The Bertz CT molecular complexity index is 76.9. The minimum Gasteiger partial charge on any atom is -0.232 e. The Morgan fingerprint density at radius 2 is 2.17 bits per heavy atom. The highest BCUT2D eigenvalue weighted by Gasteiger charge is 2.38. The van der Waals surface area contributed by atoms with Gasteiger partial charge in [0.2, 0.25) is 0 Å². The minimum absolute atomic E-state index is 0.139. The zero-order valence-corrected chi connectivity index (χ0v) is 3.42. The quantitative estimate of drug-likeness (QED) is 0.144. The Morgan fingerprint density at radius 1 is 1.67 bits per heavy atom. The SMILES string of the molecule is N[N+]1(C=O)CC1. The highest BCUT2D eigenvalue weighted by Crippen LogP contribution is 2.05. The van der Waals surface area contributed by atoms with Crippen LogP contribution in [0.2, 0.25) is 0 Å². The number of hydrogen-bond acceptors (Lipinski definition) is 2. The third-order valence-electron chi connectivity index (χ3n) is 0.950. The van der Waals surface area contributed by atoms with Crippen LogP contribution in [0.4, 0.5) is 0 Å². The summed E-state index contributed by atoms with van der Waals surface area (Å²) in [5.41, 5.74) is 0. The first-order chi connectivity index (χ1) is 2.77. The van der Waals surface area contributed by atoms with E-state index in [1.807, 2.05) is 0 Å². The maximum absolute atomic E-state index is 9.74. The van der Waals surface area contributed by atoms with E-state index in [1.54, 1.807) is 0 Å². The summed E-state index contributed by atoms with van der Waals surface area (Å²) in [6, 6.07) is 0. The molecular formula is C3H7N2O+. The van der Waals surface area contributed by atoms with E-state index in [-0.39, 0.29) is 4.59 Å². The Balaban J connectivity index is 2.47. The number of nitrogens with zero attached hydrogens (tertiary/aromatic N) is 1. The molecule has 1 aliphatic heterocycles. The van der Waals surface area contributed by atoms with Gasteiger partial charge in [-0.05, 0) is 0 Å². The fourth-order valence-electron chi connectivity index (χ4n) is 0.221. The van der Waals surface area contributed by atoms with Crippen molar-refractivity contribution in [3.63, 3.8) is 0 Å². The lowest BCUT2D eigenvalue weighted by molar-refractivity contribution is -0.720. The van der Waals surface area contributed by atoms with Crippen LogP contribution in [0.25, 0.3) is 0 Å². The smallest absolute Gasteiger partial charge is 0.232 e. The first kappa shape index (κ1) is 3.77. The predicted octanol–water partition coefficient (Wildman–Crippen LogP) is -1.15. The first-order valence-corrected chi connectivity index (χ1v) is 1.88. The van der Waals surface area contributed by atoms with Crippen molar-refractivity contribution in [3.8, 4) is 0 Å². The highest BCUT2D eigenvalue weighted by atomic mass is 16.2. The first-order valence-electron chi connectivity index (χ1n) is 1.88. The summed E-state index contributed by atoms with van der Waals surface area (Å²) < 4.78 is 0.139. The normalized spacial score (nSPS) is 26.2. The molecule has 1 rings (SSSR count). The average molecular weight is 87.1 g/mol. The molecule has 1 fully saturated rings. The molecule has 0 bridgehead atoms. The van der Waals surface area contributed by atoms with E-state index >= 15 is 0 Å². The molecule has 1 aliphatic rings. The molecule has 0 radical (unpaired) electrons. The van der Waals surface area contributed by atoms with Crippen LogP contribution in [-0.4, -0.2) is 24.1 Å². The summed E-state index contributed by atoms with van der Waals surface area (Å²) in [5, 5.41) is 0. The van der Waals surface area contributed by atoms with Gasteiger partial charge in [-0.3, -0.25) is 0 Å². The molecule has 3 heteroatoms. The molecule has 0 aromatic heterocycles. The van der Waals surface area contributed by atoms with Gasteiger partial charge in [0.15, 0.2) is 13.1 Å². The van der Waals surface area contributed by atoms with Crippen molar-refractivity contribution in [1.82, 2.24) is 0 Å². The Hall–Kier alpha value is -0.410. The molecule has 0 spiro atoms. The summed E-state index contributed by atoms with van der Waals surface area (Å²) >= 11 is 0. The molecule has 1 saturated heterocycles. The van der Waals surface area contributed by atoms with Crippen LogP contribution in [0.3, 0.4) is 0 Å². The molecule has 2 N–H and O–H groups in total. The van der Waals surface area contributed by atoms with Gasteiger partial charge in [0, 0.05) is 0 Å². The van der Waals surface area contributed by atoms with Gasteiger partial charge in [-0.25, -0.2) is 4.79 Å². The summed E-state index contributed by atoms with van der Waals surface area (Å²) in [5.74, 6) is 5.22. The van der Waals surface area contributed by atoms with Crippen molar-refractivity contribution < 1.29 is 9.39 Å². The molecule has 1 heterocycles. The summed E-state index contributed by atoms with van der Waals surface area (Å²) in [4.78, 5) is 9.74. The average Bonchev–Trinajstić information content (AvgIpc) is 2.22. The van der Waals surface area contributed by atoms with E-state index < -0.39 is 0 Å². The molecule has 0 aliphatic carbocycles. The number of hydrogen-bond donors (Lipinski definition) is 1. The van der Waals surface area contributed by atoms with E-state index in [9.17, 15) is 4.79 Å². The zero-order chi connectivity index (χ0) is 4.62. The molecule has 0 aromatic rings. The maximum Gasteiger partial charge on any atom is 0.320 e. The highest BCUT2D eigenvalue weighted by molar-refractivity contribution is 5.38. The predicted molar refractivity (Wildman–Crippen MR) is 20.2 cm³/mol. The zero-order valence-electron chi connectivity index (χ0n) is 3.42. The molecule has 0 aromatic carbocycles. The maximum atomic E-state index is 9.74. The van der Waals surface area contributed by atoms with Crippen molar-refractivity contribution >= 4 is 6.41 Å². The molecular weight excluding hydrogens is 80.0 g/mol. The van der Waals surface area contributed by atoms with E-state index in [4.69, 9.17) is 5.84 Å². The molecule has 0 saturated carbocycles. The fraction of sp³-hybridized carbons (Fsp3) is 0.667. The van der Waals surface area contributed by atoms with Gasteiger partial charge in [-0.15, -0.1) is 0 Å². The second-order valence-corrected chi connectivity index (χ2v) is 1.66. The molecule has 6 heavy (non-hydrogen) atoms. The van der Waals surface area contributed by atoms with Gasteiger partial charge < -0.3 is 0 Å². The molecule has 34 valence electrons. The van der Waals surface area contributed by atoms with E-state index in [0.29, 0.717) is 0 Å².